The highest BCUT2D eigenvalue weighted by Crippen LogP contribution is 2.39. The van der Waals surface area contributed by atoms with Crippen molar-refractivity contribution >= 4 is 0 Å². The maximum atomic E-state index is 3.55. The molecule has 0 radical (unpaired) electrons. The molecule has 2 nitrogen and oxygen atoms in total. The molecule has 100 valence electrons. The summed E-state index contributed by atoms with van der Waals surface area (Å²) < 4.78 is 0. The topological polar surface area (TPSA) is 15.3 Å². The van der Waals surface area contributed by atoms with Crippen LogP contribution in [0.15, 0.2) is 0 Å². The number of nitrogens with zero attached hydrogens (tertiary/aromatic N) is 1. The fourth-order valence-corrected chi connectivity index (χ4v) is 3.65. The van der Waals surface area contributed by atoms with Crippen molar-refractivity contribution in [1.82, 2.24) is 10.2 Å². The minimum atomic E-state index is 0.554. The van der Waals surface area contributed by atoms with Gasteiger partial charge in [-0.15, -0.1) is 0 Å². The molecule has 0 bridgehead atoms. The van der Waals surface area contributed by atoms with E-state index in [1.54, 1.807) is 0 Å². The normalized spacial score (nSPS) is 33.7. The summed E-state index contributed by atoms with van der Waals surface area (Å²) in [6.07, 6.45) is 8.42. The molecule has 1 N–H and O–H groups in total. The molecule has 17 heavy (non-hydrogen) atoms. The SMILES string of the molecule is CNC1CCC(C)(C)CC1CN(C)C1CCC1. The summed E-state index contributed by atoms with van der Waals surface area (Å²) in [6, 6.07) is 1.63. The van der Waals surface area contributed by atoms with Crippen LogP contribution < -0.4 is 5.32 Å². The molecular weight excluding hydrogens is 208 g/mol. The first-order valence-electron chi connectivity index (χ1n) is 7.39. The summed E-state index contributed by atoms with van der Waals surface area (Å²) in [6.45, 7) is 6.17. The second kappa shape index (κ2) is 5.27. The predicted molar refractivity (Wildman–Crippen MR) is 74.2 cm³/mol. The first kappa shape index (κ1) is 13.4. The van der Waals surface area contributed by atoms with Crippen LogP contribution in [0.2, 0.25) is 0 Å². The fourth-order valence-electron chi connectivity index (χ4n) is 3.65. The summed E-state index contributed by atoms with van der Waals surface area (Å²) in [5, 5.41) is 3.55. The van der Waals surface area contributed by atoms with E-state index in [9.17, 15) is 0 Å². The molecule has 0 aromatic heterocycles. The molecule has 2 rings (SSSR count). The molecule has 2 fully saturated rings. The summed E-state index contributed by atoms with van der Waals surface area (Å²) in [5.41, 5.74) is 0.554. The smallest absolute Gasteiger partial charge is 0.0105 e. The zero-order valence-corrected chi connectivity index (χ0v) is 12.1. The largest absolute Gasteiger partial charge is 0.317 e. The Labute approximate surface area is 107 Å². The molecule has 2 saturated carbocycles. The Balaban J connectivity index is 1.90. The molecule has 2 aliphatic rings. The Morgan fingerprint density at radius 3 is 2.47 bits per heavy atom. The summed E-state index contributed by atoms with van der Waals surface area (Å²) >= 11 is 0. The molecule has 2 atom stereocenters. The molecule has 2 unspecified atom stereocenters. The molecule has 0 saturated heterocycles. The highest BCUT2D eigenvalue weighted by Gasteiger charge is 2.35. The van der Waals surface area contributed by atoms with Crippen molar-refractivity contribution in [2.45, 2.75) is 64.5 Å². The number of rotatable bonds is 4. The molecule has 0 aromatic rings. The van der Waals surface area contributed by atoms with Gasteiger partial charge in [0.25, 0.3) is 0 Å². The minimum Gasteiger partial charge on any atom is -0.317 e. The Bertz CT molecular complexity index is 245. The first-order chi connectivity index (χ1) is 8.02. The minimum absolute atomic E-state index is 0.554. The summed E-state index contributed by atoms with van der Waals surface area (Å²) in [5.74, 6) is 0.842. The van der Waals surface area contributed by atoms with Gasteiger partial charge in [0.05, 0.1) is 0 Å². The lowest BCUT2D eigenvalue weighted by Gasteiger charge is -2.44. The van der Waals surface area contributed by atoms with Crippen LogP contribution in [0.3, 0.4) is 0 Å². The maximum Gasteiger partial charge on any atom is 0.0105 e. The first-order valence-corrected chi connectivity index (χ1v) is 7.39. The molecule has 0 spiro atoms. The van der Waals surface area contributed by atoms with Gasteiger partial charge in [-0.3, -0.25) is 0 Å². The average molecular weight is 238 g/mol. The molecular formula is C15H30N2. The van der Waals surface area contributed by atoms with E-state index >= 15 is 0 Å². The Hall–Kier alpha value is -0.0800. The summed E-state index contributed by atoms with van der Waals surface area (Å²) in [4.78, 5) is 2.62. The predicted octanol–water partition coefficient (Wildman–Crippen LogP) is 2.89. The molecule has 0 aromatic carbocycles. The van der Waals surface area contributed by atoms with Crippen LogP contribution in [-0.4, -0.2) is 37.6 Å². The van der Waals surface area contributed by atoms with Crippen molar-refractivity contribution in [3.8, 4) is 0 Å². The average Bonchev–Trinajstić information content (AvgIpc) is 2.13. The lowest BCUT2D eigenvalue weighted by Crippen LogP contribution is -2.48. The maximum absolute atomic E-state index is 3.55. The highest BCUT2D eigenvalue weighted by atomic mass is 15.1. The van der Waals surface area contributed by atoms with Gasteiger partial charge >= 0.3 is 0 Å². The zero-order chi connectivity index (χ0) is 12.5. The van der Waals surface area contributed by atoms with Crippen molar-refractivity contribution in [2.75, 3.05) is 20.6 Å². The van der Waals surface area contributed by atoms with E-state index in [4.69, 9.17) is 0 Å². The van der Waals surface area contributed by atoms with E-state index in [-0.39, 0.29) is 0 Å². The van der Waals surface area contributed by atoms with Gasteiger partial charge in [0.2, 0.25) is 0 Å². The van der Waals surface area contributed by atoms with E-state index in [0.29, 0.717) is 5.41 Å². The van der Waals surface area contributed by atoms with Crippen molar-refractivity contribution in [2.24, 2.45) is 11.3 Å². The van der Waals surface area contributed by atoms with Gasteiger partial charge < -0.3 is 10.2 Å². The summed E-state index contributed by atoms with van der Waals surface area (Å²) in [7, 11) is 4.47. The van der Waals surface area contributed by atoms with Gasteiger partial charge in [0.15, 0.2) is 0 Å². The van der Waals surface area contributed by atoms with E-state index < -0.39 is 0 Å². The van der Waals surface area contributed by atoms with Crippen LogP contribution in [0.4, 0.5) is 0 Å². The third-order valence-electron chi connectivity index (χ3n) is 5.11. The Morgan fingerprint density at radius 2 is 1.94 bits per heavy atom. The number of hydrogen-bond acceptors (Lipinski definition) is 2. The third-order valence-corrected chi connectivity index (χ3v) is 5.11. The van der Waals surface area contributed by atoms with Gasteiger partial charge in [-0.25, -0.2) is 0 Å². The molecule has 2 aliphatic carbocycles. The highest BCUT2D eigenvalue weighted by molar-refractivity contribution is 4.91. The second-order valence-electron chi connectivity index (χ2n) is 7.09. The van der Waals surface area contributed by atoms with Crippen LogP contribution in [0, 0.1) is 11.3 Å². The van der Waals surface area contributed by atoms with E-state index in [2.05, 4.69) is 38.2 Å². The van der Waals surface area contributed by atoms with Crippen LogP contribution in [0.1, 0.15) is 52.4 Å². The van der Waals surface area contributed by atoms with Crippen molar-refractivity contribution < 1.29 is 0 Å². The monoisotopic (exact) mass is 238 g/mol. The lowest BCUT2D eigenvalue weighted by molar-refractivity contribution is 0.0762. The quantitative estimate of drug-likeness (QED) is 0.810. The number of nitrogens with one attached hydrogen (secondary N) is 1. The standard InChI is InChI=1S/C15H30N2/c1-15(2)9-8-14(16-3)12(10-15)11-17(4)13-6-5-7-13/h12-14,16H,5-11H2,1-4H3. The molecule has 2 heteroatoms. The molecule has 0 heterocycles. The van der Waals surface area contributed by atoms with E-state index in [1.165, 1.54) is 45.1 Å². The van der Waals surface area contributed by atoms with Crippen LogP contribution in [-0.2, 0) is 0 Å². The van der Waals surface area contributed by atoms with E-state index in [1.807, 2.05) is 0 Å². The number of hydrogen-bond donors (Lipinski definition) is 1. The van der Waals surface area contributed by atoms with E-state index in [0.717, 1.165) is 18.0 Å². The van der Waals surface area contributed by atoms with Gasteiger partial charge in [0.1, 0.15) is 0 Å². The van der Waals surface area contributed by atoms with Crippen LogP contribution >= 0.6 is 0 Å². The molecule has 0 amide bonds. The zero-order valence-electron chi connectivity index (χ0n) is 12.1. The lowest BCUT2D eigenvalue weighted by atomic mass is 9.69. The van der Waals surface area contributed by atoms with Gasteiger partial charge in [-0.05, 0) is 57.5 Å². The Kier molecular flexibility index (Phi) is 4.14. The van der Waals surface area contributed by atoms with Gasteiger partial charge in [0, 0.05) is 18.6 Å². The second-order valence-corrected chi connectivity index (χ2v) is 7.09. The fraction of sp³-hybridized carbons (Fsp3) is 1.00. The van der Waals surface area contributed by atoms with Crippen LogP contribution in [0.25, 0.3) is 0 Å². The van der Waals surface area contributed by atoms with Gasteiger partial charge in [-0.2, -0.15) is 0 Å². The molecule has 0 aliphatic heterocycles. The Morgan fingerprint density at radius 1 is 1.24 bits per heavy atom. The van der Waals surface area contributed by atoms with Gasteiger partial charge in [-0.1, -0.05) is 20.3 Å². The van der Waals surface area contributed by atoms with Crippen molar-refractivity contribution in [1.29, 1.82) is 0 Å². The van der Waals surface area contributed by atoms with Crippen molar-refractivity contribution in [3.05, 3.63) is 0 Å². The van der Waals surface area contributed by atoms with Crippen LogP contribution in [0.5, 0.6) is 0 Å². The third kappa shape index (κ3) is 3.23. The van der Waals surface area contributed by atoms with Crippen molar-refractivity contribution in [3.63, 3.8) is 0 Å².